The first-order chi connectivity index (χ1) is 9.97. The number of hydrogen-bond donors (Lipinski definition) is 0. The fourth-order valence-corrected chi connectivity index (χ4v) is 2.83. The van der Waals surface area contributed by atoms with Gasteiger partial charge >= 0.3 is 0 Å². The average molecular weight is 284 g/mol. The summed E-state index contributed by atoms with van der Waals surface area (Å²) in [6, 6.07) is 11.1. The fourth-order valence-electron chi connectivity index (χ4n) is 2.83. The van der Waals surface area contributed by atoms with Crippen molar-refractivity contribution in [2.45, 2.75) is 65.8 Å². The van der Waals surface area contributed by atoms with Gasteiger partial charge in [-0.25, -0.2) is 0 Å². The van der Waals surface area contributed by atoms with E-state index in [1.807, 2.05) is 0 Å². The Kier molecular flexibility index (Phi) is 4.87. The average Bonchev–Trinajstić information content (AvgIpc) is 2.88. The summed E-state index contributed by atoms with van der Waals surface area (Å²) in [5.74, 6) is 0.950. The monoisotopic (exact) mass is 284 g/mol. The second-order valence-corrected chi connectivity index (χ2v) is 6.51. The highest BCUT2D eigenvalue weighted by Gasteiger charge is 2.25. The van der Waals surface area contributed by atoms with Crippen molar-refractivity contribution in [3.63, 3.8) is 0 Å². The summed E-state index contributed by atoms with van der Waals surface area (Å²) < 4.78 is 2.24. The van der Waals surface area contributed by atoms with Crippen LogP contribution in [0.3, 0.4) is 0 Å². The predicted octanol–water partition coefficient (Wildman–Crippen LogP) is 5.77. The Morgan fingerprint density at radius 3 is 2.10 bits per heavy atom. The van der Waals surface area contributed by atoms with E-state index in [0.29, 0.717) is 17.9 Å². The molecule has 0 aliphatic carbocycles. The first-order valence-corrected chi connectivity index (χ1v) is 8.15. The summed E-state index contributed by atoms with van der Waals surface area (Å²) in [5, 5.41) is 4.97. The van der Waals surface area contributed by atoms with Crippen LogP contribution in [0.5, 0.6) is 0 Å². The van der Waals surface area contributed by atoms with Gasteiger partial charge in [0, 0.05) is 17.3 Å². The molecule has 0 amide bonds. The highest BCUT2D eigenvalue weighted by Crippen LogP contribution is 2.38. The Morgan fingerprint density at radius 2 is 1.62 bits per heavy atom. The van der Waals surface area contributed by atoms with Crippen molar-refractivity contribution in [3.8, 4) is 11.1 Å². The van der Waals surface area contributed by atoms with E-state index in [9.17, 15) is 0 Å². The minimum atomic E-state index is 0.393. The van der Waals surface area contributed by atoms with Crippen LogP contribution in [0.4, 0.5) is 0 Å². The zero-order chi connectivity index (χ0) is 15.6. The molecule has 1 atom stereocenters. The molecule has 0 aliphatic heterocycles. The molecular weight excluding hydrogens is 256 g/mol. The smallest absolute Gasteiger partial charge is 0.0731 e. The maximum atomic E-state index is 4.97. The van der Waals surface area contributed by atoms with Crippen molar-refractivity contribution in [2.24, 2.45) is 0 Å². The third-order valence-electron chi connectivity index (χ3n) is 4.15. The molecule has 1 aromatic carbocycles. The van der Waals surface area contributed by atoms with Crippen LogP contribution in [-0.4, -0.2) is 9.78 Å². The zero-order valence-corrected chi connectivity index (χ0v) is 14.2. The maximum absolute atomic E-state index is 4.97. The lowest BCUT2D eigenvalue weighted by Gasteiger charge is -2.17. The van der Waals surface area contributed by atoms with Crippen molar-refractivity contribution in [1.82, 2.24) is 9.78 Å². The summed E-state index contributed by atoms with van der Waals surface area (Å²) in [4.78, 5) is 0. The lowest BCUT2D eigenvalue weighted by Crippen LogP contribution is -2.10. The first-order valence-electron chi connectivity index (χ1n) is 8.15. The zero-order valence-electron chi connectivity index (χ0n) is 14.2. The van der Waals surface area contributed by atoms with E-state index >= 15 is 0 Å². The van der Waals surface area contributed by atoms with Gasteiger partial charge in [-0.05, 0) is 37.7 Å². The number of rotatable bonds is 5. The van der Waals surface area contributed by atoms with Crippen molar-refractivity contribution >= 4 is 0 Å². The van der Waals surface area contributed by atoms with Crippen LogP contribution < -0.4 is 0 Å². The van der Waals surface area contributed by atoms with E-state index in [2.05, 4.69) is 76.6 Å². The van der Waals surface area contributed by atoms with Crippen LogP contribution in [0.1, 0.15) is 77.2 Å². The lowest BCUT2D eigenvalue weighted by molar-refractivity contribution is 0.482. The second-order valence-electron chi connectivity index (χ2n) is 6.51. The number of hydrogen-bond acceptors (Lipinski definition) is 1. The van der Waals surface area contributed by atoms with E-state index in [4.69, 9.17) is 5.10 Å². The van der Waals surface area contributed by atoms with Crippen LogP contribution in [0.2, 0.25) is 0 Å². The molecule has 2 nitrogen and oxygen atoms in total. The Balaban J connectivity index is 2.75. The first kappa shape index (κ1) is 15.8. The van der Waals surface area contributed by atoms with E-state index in [0.717, 1.165) is 6.42 Å². The van der Waals surface area contributed by atoms with Crippen LogP contribution >= 0.6 is 0 Å². The molecule has 114 valence electrons. The Hall–Kier alpha value is -1.57. The Bertz CT molecular complexity index is 579. The largest absolute Gasteiger partial charge is 0.266 e. The molecule has 21 heavy (non-hydrogen) atoms. The molecule has 1 heterocycles. The molecular formula is C19H28N2. The number of nitrogens with zero attached hydrogens (tertiary/aromatic N) is 2. The normalized spacial score (nSPS) is 13.1. The third-order valence-corrected chi connectivity index (χ3v) is 4.15. The highest BCUT2D eigenvalue weighted by molar-refractivity contribution is 5.70. The molecule has 0 N–H and O–H groups in total. The van der Waals surface area contributed by atoms with Crippen molar-refractivity contribution in [1.29, 1.82) is 0 Å². The van der Waals surface area contributed by atoms with E-state index in [-0.39, 0.29) is 0 Å². The van der Waals surface area contributed by atoms with Gasteiger partial charge in [0.25, 0.3) is 0 Å². The van der Waals surface area contributed by atoms with Gasteiger partial charge in [0.2, 0.25) is 0 Å². The van der Waals surface area contributed by atoms with E-state index in [1.165, 1.54) is 22.5 Å². The summed E-state index contributed by atoms with van der Waals surface area (Å²) in [7, 11) is 0. The molecule has 0 saturated carbocycles. The molecule has 0 saturated heterocycles. The van der Waals surface area contributed by atoms with Crippen LogP contribution in [0.15, 0.2) is 30.3 Å². The minimum absolute atomic E-state index is 0.393. The van der Waals surface area contributed by atoms with Crippen molar-refractivity contribution in [2.75, 3.05) is 0 Å². The molecule has 0 fully saturated rings. The minimum Gasteiger partial charge on any atom is -0.266 e. The summed E-state index contributed by atoms with van der Waals surface area (Å²) in [6.07, 6.45) is 1.13. The van der Waals surface area contributed by atoms with Gasteiger partial charge in [-0.2, -0.15) is 5.10 Å². The fraction of sp³-hybridized carbons (Fsp3) is 0.526. The quantitative estimate of drug-likeness (QED) is 0.681. The molecule has 2 heteroatoms. The van der Waals surface area contributed by atoms with Crippen molar-refractivity contribution < 1.29 is 0 Å². The summed E-state index contributed by atoms with van der Waals surface area (Å²) >= 11 is 0. The molecule has 1 unspecified atom stereocenters. The lowest BCUT2D eigenvalue weighted by atomic mass is 9.91. The topological polar surface area (TPSA) is 17.8 Å². The molecule has 0 bridgehead atoms. The van der Waals surface area contributed by atoms with Gasteiger partial charge < -0.3 is 0 Å². The molecule has 2 rings (SSSR count). The molecule has 0 aliphatic rings. The van der Waals surface area contributed by atoms with Gasteiger partial charge in [0.05, 0.1) is 5.69 Å². The Labute approximate surface area is 129 Å². The molecule has 1 aromatic heterocycles. The van der Waals surface area contributed by atoms with Gasteiger partial charge in [-0.3, -0.25) is 4.68 Å². The van der Waals surface area contributed by atoms with E-state index in [1.54, 1.807) is 0 Å². The van der Waals surface area contributed by atoms with Crippen LogP contribution in [0, 0.1) is 0 Å². The summed E-state index contributed by atoms with van der Waals surface area (Å²) in [6.45, 7) is 13.5. The third kappa shape index (κ3) is 3.04. The molecule has 0 radical (unpaired) electrons. The van der Waals surface area contributed by atoms with E-state index < -0.39 is 0 Å². The molecule has 0 spiro atoms. The maximum Gasteiger partial charge on any atom is 0.0731 e. The second kappa shape index (κ2) is 6.46. The van der Waals surface area contributed by atoms with Gasteiger partial charge in [-0.15, -0.1) is 0 Å². The van der Waals surface area contributed by atoms with Crippen molar-refractivity contribution in [3.05, 3.63) is 41.7 Å². The van der Waals surface area contributed by atoms with Crippen LogP contribution in [0.25, 0.3) is 11.1 Å². The van der Waals surface area contributed by atoms with Gasteiger partial charge in [0.1, 0.15) is 0 Å². The summed E-state index contributed by atoms with van der Waals surface area (Å²) in [5.41, 5.74) is 5.27. The molecule has 2 aromatic rings. The number of benzene rings is 1. The predicted molar refractivity (Wildman–Crippen MR) is 90.8 cm³/mol. The number of aromatic nitrogens is 2. The van der Waals surface area contributed by atoms with Crippen LogP contribution in [-0.2, 0) is 0 Å². The van der Waals surface area contributed by atoms with Gasteiger partial charge in [-0.1, -0.05) is 58.0 Å². The Morgan fingerprint density at radius 1 is 1.00 bits per heavy atom. The highest BCUT2D eigenvalue weighted by atomic mass is 15.3. The standard InChI is InChI=1S/C19H28N2/c1-7-15(6)19-17(16-11-9-8-10-12-16)18(13(2)3)20-21(19)14(4)5/h8-15H,7H2,1-6H3. The SMILES string of the molecule is CCC(C)c1c(-c2ccccc2)c(C(C)C)nn1C(C)C. The van der Waals surface area contributed by atoms with Gasteiger partial charge in [0.15, 0.2) is 0 Å².